The minimum absolute atomic E-state index is 0.487. The van der Waals surface area contributed by atoms with E-state index >= 15 is 0 Å². The number of aryl methyl sites for hydroxylation is 1. The lowest BCUT2D eigenvalue weighted by Crippen LogP contribution is -1.99. The van der Waals surface area contributed by atoms with E-state index < -0.39 is 0 Å². The van der Waals surface area contributed by atoms with E-state index in [1.54, 1.807) is 0 Å². The van der Waals surface area contributed by atoms with Crippen molar-refractivity contribution in [2.24, 2.45) is 0 Å². The molecule has 0 fully saturated rings. The van der Waals surface area contributed by atoms with Gasteiger partial charge in [-0.25, -0.2) is 9.97 Å². The van der Waals surface area contributed by atoms with Crippen molar-refractivity contribution in [2.75, 3.05) is 5.73 Å². The van der Waals surface area contributed by atoms with Gasteiger partial charge in [-0.15, -0.1) is 0 Å². The van der Waals surface area contributed by atoms with Crippen LogP contribution in [0, 0.1) is 10.6 Å². The van der Waals surface area contributed by atoms with Crippen LogP contribution in [0.2, 0.25) is 0 Å². The van der Waals surface area contributed by atoms with Crippen molar-refractivity contribution in [2.45, 2.75) is 6.92 Å². The molecule has 2 N–H and O–H groups in total. The molecule has 0 aromatic carbocycles. The molecule has 0 aliphatic heterocycles. The molecule has 1 rings (SSSR count). The van der Waals surface area contributed by atoms with Gasteiger partial charge in [0.2, 0.25) is 0 Å². The van der Waals surface area contributed by atoms with Gasteiger partial charge in [-0.1, -0.05) is 0 Å². The molecule has 0 atom stereocenters. The Morgan fingerprint density at radius 3 is 2.60 bits per heavy atom. The highest BCUT2D eigenvalue weighted by molar-refractivity contribution is 14.1. The summed E-state index contributed by atoms with van der Waals surface area (Å²) >= 11 is 5.28. The lowest BCUT2D eigenvalue weighted by Gasteiger charge is -1.99. The van der Waals surface area contributed by atoms with Gasteiger partial charge in [0, 0.05) is 0 Å². The van der Waals surface area contributed by atoms with Crippen LogP contribution in [0.1, 0.15) is 5.69 Å². The molecule has 5 heteroatoms. The summed E-state index contributed by atoms with van der Waals surface area (Å²) < 4.78 is 1.49. The third kappa shape index (κ3) is 1.57. The fourth-order valence-electron chi connectivity index (χ4n) is 0.497. The molecule has 0 amide bonds. The average Bonchev–Trinajstić information content (AvgIpc) is 1.84. The molecule has 0 bridgehead atoms. The van der Waals surface area contributed by atoms with Crippen LogP contribution in [0.5, 0.6) is 0 Å². The Labute approximate surface area is 80.7 Å². The van der Waals surface area contributed by atoms with Gasteiger partial charge in [-0.05, 0) is 45.4 Å². The van der Waals surface area contributed by atoms with Gasteiger partial charge in [0.1, 0.15) is 8.30 Å². The second-order valence-electron chi connectivity index (χ2n) is 1.78. The first-order chi connectivity index (χ1) is 4.61. The molecule has 0 saturated heterocycles. The zero-order chi connectivity index (χ0) is 7.72. The first-order valence-electron chi connectivity index (χ1n) is 2.56. The van der Waals surface area contributed by atoms with E-state index in [1.165, 1.54) is 0 Å². The lowest BCUT2D eigenvalue weighted by atomic mass is 10.5. The lowest BCUT2D eigenvalue weighted by molar-refractivity contribution is 1.07. The Morgan fingerprint density at radius 1 is 1.50 bits per heavy atom. The Kier molecular flexibility index (Phi) is 2.45. The second kappa shape index (κ2) is 3.00. The maximum Gasteiger partial charge on any atom is 0.156 e. The van der Waals surface area contributed by atoms with E-state index in [4.69, 9.17) is 5.73 Å². The van der Waals surface area contributed by atoms with Crippen molar-refractivity contribution in [3.8, 4) is 0 Å². The van der Waals surface area contributed by atoms with Crippen LogP contribution in [0.3, 0.4) is 0 Å². The number of hydrogen-bond acceptors (Lipinski definition) is 3. The Morgan fingerprint density at radius 2 is 2.10 bits per heavy atom. The molecule has 1 aromatic heterocycles. The molecule has 1 heterocycles. The Balaban J connectivity index is 3.28. The van der Waals surface area contributed by atoms with Gasteiger partial charge >= 0.3 is 0 Å². The van der Waals surface area contributed by atoms with E-state index in [2.05, 4.69) is 25.9 Å². The largest absolute Gasteiger partial charge is 0.382 e. The molecule has 54 valence electrons. The number of hydrogen-bond donors (Lipinski definition) is 1. The SMILES string of the molecule is Cc1nc(N)c(I)nc1Br. The molecular weight excluding hydrogens is 309 g/mol. The predicted molar refractivity (Wildman–Crippen MR) is 51.6 cm³/mol. The molecule has 10 heavy (non-hydrogen) atoms. The van der Waals surface area contributed by atoms with Gasteiger partial charge in [0.05, 0.1) is 5.69 Å². The first kappa shape index (κ1) is 8.19. The van der Waals surface area contributed by atoms with Crippen LogP contribution < -0.4 is 5.73 Å². The third-order valence-electron chi connectivity index (χ3n) is 0.994. The summed E-state index contributed by atoms with van der Waals surface area (Å²) in [6.45, 7) is 1.85. The standard InChI is InChI=1S/C5H5BrIN3/c1-2-3(6)10-4(7)5(8)9-2/h1H3,(H2,8,9). The number of nitrogen functional groups attached to an aromatic ring is 1. The third-order valence-corrected chi connectivity index (χ3v) is 2.54. The van der Waals surface area contributed by atoms with Crippen LogP contribution in [0.25, 0.3) is 0 Å². The van der Waals surface area contributed by atoms with Crippen molar-refractivity contribution in [3.05, 3.63) is 14.0 Å². The maximum atomic E-state index is 5.49. The number of halogens is 2. The van der Waals surface area contributed by atoms with Crippen molar-refractivity contribution in [1.29, 1.82) is 0 Å². The van der Waals surface area contributed by atoms with E-state index in [9.17, 15) is 0 Å². The Hall–Kier alpha value is 0.0900. The van der Waals surface area contributed by atoms with Gasteiger partial charge in [0.15, 0.2) is 5.82 Å². The van der Waals surface area contributed by atoms with E-state index in [0.717, 1.165) is 14.0 Å². The first-order valence-corrected chi connectivity index (χ1v) is 4.43. The summed E-state index contributed by atoms with van der Waals surface area (Å²) in [4.78, 5) is 8.12. The summed E-state index contributed by atoms with van der Waals surface area (Å²) in [7, 11) is 0. The normalized spacial score (nSPS) is 9.90. The molecule has 0 spiro atoms. The van der Waals surface area contributed by atoms with E-state index in [0.29, 0.717) is 5.82 Å². The molecule has 0 radical (unpaired) electrons. The predicted octanol–water partition coefficient (Wildman–Crippen LogP) is 1.73. The van der Waals surface area contributed by atoms with Crippen LogP contribution in [0.4, 0.5) is 5.82 Å². The number of nitrogens with two attached hydrogens (primary N) is 1. The highest BCUT2D eigenvalue weighted by Gasteiger charge is 2.02. The molecule has 0 aliphatic carbocycles. The average molecular weight is 314 g/mol. The van der Waals surface area contributed by atoms with Gasteiger partial charge in [-0.2, -0.15) is 0 Å². The smallest absolute Gasteiger partial charge is 0.156 e. The highest BCUT2D eigenvalue weighted by atomic mass is 127. The van der Waals surface area contributed by atoms with Crippen LogP contribution in [0.15, 0.2) is 4.60 Å². The number of aromatic nitrogens is 2. The van der Waals surface area contributed by atoms with Crippen molar-refractivity contribution >= 4 is 44.3 Å². The van der Waals surface area contributed by atoms with Crippen LogP contribution in [-0.2, 0) is 0 Å². The Bertz CT molecular complexity index is 213. The fraction of sp³-hybridized carbons (Fsp3) is 0.200. The quantitative estimate of drug-likeness (QED) is 0.742. The number of anilines is 1. The number of rotatable bonds is 0. The summed E-state index contributed by atoms with van der Waals surface area (Å²) in [6.07, 6.45) is 0. The van der Waals surface area contributed by atoms with Crippen LogP contribution in [-0.4, -0.2) is 9.97 Å². The van der Waals surface area contributed by atoms with Crippen LogP contribution >= 0.6 is 38.5 Å². The molecule has 0 aliphatic rings. The second-order valence-corrected chi connectivity index (χ2v) is 3.55. The zero-order valence-corrected chi connectivity index (χ0v) is 8.97. The summed E-state index contributed by atoms with van der Waals surface area (Å²) in [5, 5.41) is 0. The minimum atomic E-state index is 0.487. The van der Waals surface area contributed by atoms with Crippen molar-refractivity contribution in [3.63, 3.8) is 0 Å². The molecule has 1 aromatic rings. The zero-order valence-electron chi connectivity index (χ0n) is 5.23. The van der Waals surface area contributed by atoms with E-state index in [-0.39, 0.29) is 0 Å². The number of nitrogens with zero attached hydrogens (tertiary/aromatic N) is 2. The minimum Gasteiger partial charge on any atom is -0.382 e. The molecule has 0 unspecified atom stereocenters. The highest BCUT2D eigenvalue weighted by Crippen LogP contribution is 2.16. The topological polar surface area (TPSA) is 51.8 Å². The monoisotopic (exact) mass is 313 g/mol. The van der Waals surface area contributed by atoms with Crippen molar-refractivity contribution < 1.29 is 0 Å². The molecule has 3 nitrogen and oxygen atoms in total. The van der Waals surface area contributed by atoms with Gasteiger partial charge in [0.25, 0.3) is 0 Å². The molecule has 0 saturated carbocycles. The van der Waals surface area contributed by atoms with Crippen molar-refractivity contribution in [1.82, 2.24) is 9.97 Å². The fourth-order valence-corrected chi connectivity index (χ4v) is 1.46. The van der Waals surface area contributed by atoms with Gasteiger partial charge in [-0.3, -0.25) is 0 Å². The maximum absolute atomic E-state index is 5.49. The summed E-state index contributed by atoms with van der Waals surface area (Å²) in [5.41, 5.74) is 6.31. The summed E-state index contributed by atoms with van der Waals surface area (Å²) in [6, 6.07) is 0. The molecular formula is C5H5BrIN3. The summed E-state index contributed by atoms with van der Waals surface area (Å²) in [5.74, 6) is 0.487. The van der Waals surface area contributed by atoms with Gasteiger partial charge < -0.3 is 5.73 Å². The van der Waals surface area contributed by atoms with E-state index in [1.807, 2.05) is 29.5 Å².